The number of amides is 1. The number of hydrogen-bond donors (Lipinski definition) is 0. The molecule has 1 amide bonds. The van der Waals surface area contributed by atoms with Crippen LogP contribution < -0.4 is 4.90 Å². The standard InChI is InChI=1S/C19H25N5O3/c25-17(15-4-10-26-11-5-15)22-9-12-27-19(13-22)6-8-23(14-19)18-21-20-16-3-1-2-7-24(16)18/h1-3,7,15H,4-6,8-14H2. The van der Waals surface area contributed by atoms with Gasteiger partial charge in [0.05, 0.1) is 19.7 Å². The molecule has 0 radical (unpaired) electrons. The number of pyridine rings is 1. The molecule has 1 spiro atoms. The molecule has 0 aliphatic carbocycles. The fourth-order valence-corrected chi connectivity index (χ4v) is 4.54. The van der Waals surface area contributed by atoms with E-state index in [4.69, 9.17) is 9.47 Å². The molecule has 0 N–H and O–H groups in total. The number of anilines is 1. The van der Waals surface area contributed by atoms with Gasteiger partial charge in [-0.15, -0.1) is 10.2 Å². The molecule has 0 aromatic carbocycles. The summed E-state index contributed by atoms with van der Waals surface area (Å²) in [6.07, 6.45) is 4.55. The van der Waals surface area contributed by atoms with Gasteiger partial charge in [-0.3, -0.25) is 9.20 Å². The summed E-state index contributed by atoms with van der Waals surface area (Å²) in [6, 6.07) is 5.90. The molecule has 5 heterocycles. The number of morpholine rings is 1. The van der Waals surface area contributed by atoms with Crippen molar-refractivity contribution in [1.82, 2.24) is 19.5 Å². The molecule has 27 heavy (non-hydrogen) atoms. The molecule has 2 aromatic rings. The van der Waals surface area contributed by atoms with Crippen LogP contribution in [0.5, 0.6) is 0 Å². The number of nitrogens with zero attached hydrogens (tertiary/aromatic N) is 5. The summed E-state index contributed by atoms with van der Waals surface area (Å²) in [6.45, 7) is 4.93. The Morgan fingerprint density at radius 1 is 1.11 bits per heavy atom. The molecule has 1 unspecified atom stereocenters. The summed E-state index contributed by atoms with van der Waals surface area (Å²) < 4.78 is 13.6. The minimum Gasteiger partial charge on any atom is -0.381 e. The van der Waals surface area contributed by atoms with Crippen molar-refractivity contribution in [2.75, 3.05) is 50.9 Å². The van der Waals surface area contributed by atoms with E-state index in [-0.39, 0.29) is 17.4 Å². The predicted molar refractivity (Wildman–Crippen MR) is 98.6 cm³/mol. The highest BCUT2D eigenvalue weighted by atomic mass is 16.5. The third-order valence-electron chi connectivity index (χ3n) is 6.03. The SMILES string of the molecule is O=C(C1CCOCC1)N1CCOC2(CCN(c3nnc4ccccn34)C2)C1. The first-order chi connectivity index (χ1) is 13.2. The smallest absolute Gasteiger partial charge is 0.231 e. The lowest BCUT2D eigenvalue weighted by Gasteiger charge is -2.41. The van der Waals surface area contributed by atoms with Crippen LogP contribution in [-0.4, -0.2) is 77.0 Å². The highest BCUT2D eigenvalue weighted by Crippen LogP contribution is 2.33. The van der Waals surface area contributed by atoms with Crippen molar-refractivity contribution in [2.24, 2.45) is 5.92 Å². The average molecular weight is 371 g/mol. The van der Waals surface area contributed by atoms with Crippen molar-refractivity contribution >= 4 is 17.5 Å². The van der Waals surface area contributed by atoms with Gasteiger partial charge in [-0.1, -0.05) is 6.07 Å². The fraction of sp³-hybridized carbons (Fsp3) is 0.632. The number of ether oxygens (including phenoxy) is 2. The largest absolute Gasteiger partial charge is 0.381 e. The zero-order valence-electron chi connectivity index (χ0n) is 15.4. The number of rotatable bonds is 2. The lowest BCUT2D eigenvalue weighted by Crippen LogP contribution is -2.56. The van der Waals surface area contributed by atoms with Crippen LogP contribution in [0.1, 0.15) is 19.3 Å². The summed E-state index contributed by atoms with van der Waals surface area (Å²) in [5.41, 5.74) is 0.536. The highest BCUT2D eigenvalue weighted by Gasteiger charge is 2.45. The molecule has 5 rings (SSSR count). The molecule has 0 saturated carbocycles. The quantitative estimate of drug-likeness (QED) is 0.783. The van der Waals surface area contributed by atoms with E-state index >= 15 is 0 Å². The minimum atomic E-state index is -0.306. The Balaban J connectivity index is 1.31. The Morgan fingerprint density at radius 2 is 2.00 bits per heavy atom. The van der Waals surface area contributed by atoms with Crippen molar-refractivity contribution in [2.45, 2.75) is 24.9 Å². The molecule has 144 valence electrons. The van der Waals surface area contributed by atoms with Crippen LogP contribution >= 0.6 is 0 Å². The van der Waals surface area contributed by atoms with Crippen LogP contribution in [0.15, 0.2) is 24.4 Å². The molecule has 3 fully saturated rings. The maximum absolute atomic E-state index is 13.0. The lowest BCUT2D eigenvalue weighted by atomic mass is 9.95. The second kappa shape index (κ2) is 6.76. The Labute approximate surface area is 158 Å². The van der Waals surface area contributed by atoms with Gasteiger partial charge in [0.15, 0.2) is 5.65 Å². The number of carbonyl (C=O) groups excluding carboxylic acids is 1. The van der Waals surface area contributed by atoms with Gasteiger partial charge in [0, 0.05) is 38.4 Å². The van der Waals surface area contributed by atoms with Gasteiger partial charge < -0.3 is 19.3 Å². The summed E-state index contributed by atoms with van der Waals surface area (Å²) in [5, 5.41) is 8.63. The molecule has 3 aliphatic heterocycles. The molecule has 2 aromatic heterocycles. The first-order valence-electron chi connectivity index (χ1n) is 9.79. The summed E-state index contributed by atoms with van der Waals surface area (Å²) in [5.74, 6) is 1.22. The summed E-state index contributed by atoms with van der Waals surface area (Å²) in [4.78, 5) is 17.2. The van der Waals surface area contributed by atoms with Gasteiger partial charge in [-0.25, -0.2) is 0 Å². The third-order valence-corrected chi connectivity index (χ3v) is 6.03. The Hall–Kier alpha value is -2.19. The number of fused-ring (bicyclic) bond motifs is 1. The fourth-order valence-electron chi connectivity index (χ4n) is 4.54. The topological polar surface area (TPSA) is 72.2 Å². The highest BCUT2D eigenvalue weighted by molar-refractivity contribution is 5.79. The zero-order valence-corrected chi connectivity index (χ0v) is 15.4. The monoisotopic (exact) mass is 371 g/mol. The third kappa shape index (κ3) is 3.06. The van der Waals surface area contributed by atoms with Crippen LogP contribution in [0.25, 0.3) is 5.65 Å². The van der Waals surface area contributed by atoms with Crippen LogP contribution in [-0.2, 0) is 14.3 Å². The molecule has 3 saturated heterocycles. The molecule has 8 nitrogen and oxygen atoms in total. The number of hydrogen-bond acceptors (Lipinski definition) is 6. The van der Waals surface area contributed by atoms with Crippen LogP contribution in [0.2, 0.25) is 0 Å². The molecular formula is C19H25N5O3. The van der Waals surface area contributed by atoms with E-state index in [1.807, 2.05) is 33.7 Å². The Bertz CT molecular complexity index is 834. The summed E-state index contributed by atoms with van der Waals surface area (Å²) in [7, 11) is 0. The second-order valence-electron chi connectivity index (χ2n) is 7.78. The van der Waals surface area contributed by atoms with Crippen molar-refractivity contribution in [3.63, 3.8) is 0 Å². The molecule has 3 aliphatic rings. The van der Waals surface area contributed by atoms with Gasteiger partial charge in [-0.2, -0.15) is 0 Å². The molecule has 1 atom stereocenters. The Kier molecular flexibility index (Phi) is 4.24. The maximum Gasteiger partial charge on any atom is 0.231 e. The van der Waals surface area contributed by atoms with E-state index in [9.17, 15) is 4.79 Å². The van der Waals surface area contributed by atoms with Gasteiger partial charge >= 0.3 is 0 Å². The zero-order chi connectivity index (χ0) is 18.3. The van der Waals surface area contributed by atoms with Crippen molar-refractivity contribution in [3.8, 4) is 0 Å². The van der Waals surface area contributed by atoms with Crippen molar-refractivity contribution in [3.05, 3.63) is 24.4 Å². The van der Waals surface area contributed by atoms with Crippen LogP contribution in [0.3, 0.4) is 0 Å². The van der Waals surface area contributed by atoms with Gasteiger partial charge in [0.1, 0.15) is 5.60 Å². The van der Waals surface area contributed by atoms with Gasteiger partial charge in [0.2, 0.25) is 11.9 Å². The van der Waals surface area contributed by atoms with E-state index in [1.54, 1.807) is 0 Å². The normalized spacial score (nSPS) is 27.0. The minimum absolute atomic E-state index is 0.104. The number of carbonyl (C=O) groups is 1. The van der Waals surface area contributed by atoms with E-state index in [1.165, 1.54) is 0 Å². The van der Waals surface area contributed by atoms with E-state index in [0.29, 0.717) is 32.9 Å². The summed E-state index contributed by atoms with van der Waals surface area (Å²) >= 11 is 0. The van der Waals surface area contributed by atoms with E-state index < -0.39 is 0 Å². The lowest BCUT2D eigenvalue weighted by molar-refractivity contribution is -0.154. The second-order valence-corrected chi connectivity index (χ2v) is 7.78. The first-order valence-corrected chi connectivity index (χ1v) is 9.79. The molecule has 8 heteroatoms. The van der Waals surface area contributed by atoms with Crippen molar-refractivity contribution < 1.29 is 14.3 Å². The maximum atomic E-state index is 13.0. The van der Waals surface area contributed by atoms with E-state index in [0.717, 1.165) is 43.9 Å². The van der Waals surface area contributed by atoms with Gasteiger partial charge in [-0.05, 0) is 31.4 Å². The predicted octanol–water partition coefficient (Wildman–Crippen LogP) is 0.964. The first kappa shape index (κ1) is 16.9. The van der Waals surface area contributed by atoms with Gasteiger partial charge in [0.25, 0.3) is 0 Å². The number of aromatic nitrogens is 3. The van der Waals surface area contributed by atoms with E-state index in [2.05, 4.69) is 15.1 Å². The van der Waals surface area contributed by atoms with Crippen LogP contribution in [0, 0.1) is 5.92 Å². The average Bonchev–Trinajstić information content (AvgIpc) is 3.32. The molecule has 0 bridgehead atoms. The van der Waals surface area contributed by atoms with Crippen molar-refractivity contribution in [1.29, 1.82) is 0 Å². The van der Waals surface area contributed by atoms with Crippen LogP contribution in [0.4, 0.5) is 5.95 Å². The Morgan fingerprint density at radius 3 is 2.89 bits per heavy atom. The molecular weight excluding hydrogens is 346 g/mol.